The SMILES string of the molecule is CC[N+](CC)(CC)CC.O=S(=O)([O-])C(F)(F)C(F)(F)CCCC(F)(F)F. The molecular formula is C14H26F7NO3S. The third-order valence-electron chi connectivity index (χ3n) is 4.37. The molecule has 0 aromatic heterocycles. The number of halogens is 7. The van der Waals surface area contributed by atoms with Crippen molar-refractivity contribution in [1.82, 2.24) is 0 Å². The predicted molar refractivity (Wildman–Crippen MR) is 81.9 cm³/mol. The van der Waals surface area contributed by atoms with E-state index in [2.05, 4.69) is 27.7 Å². The summed E-state index contributed by atoms with van der Waals surface area (Å²) in [6.45, 7) is 14.2. The smallest absolute Gasteiger partial charge is 0.396 e. The molecule has 0 unspecified atom stereocenters. The van der Waals surface area contributed by atoms with Gasteiger partial charge in [-0.15, -0.1) is 0 Å². The van der Waals surface area contributed by atoms with Crippen molar-refractivity contribution < 1.29 is 48.2 Å². The summed E-state index contributed by atoms with van der Waals surface area (Å²) >= 11 is 0. The summed E-state index contributed by atoms with van der Waals surface area (Å²) in [5.74, 6) is -5.33. The topological polar surface area (TPSA) is 57.2 Å². The van der Waals surface area contributed by atoms with Crippen molar-refractivity contribution in [3.8, 4) is 0 Å². The molecule has 0 radical (unpaired) electrons. The largest absolute Gasteiger partial charge is 0.743 e. The summed E-state index contributed by atoms with van der Waals surface area (Å²) in [7, 11) is -6.64. The molecule has 0 bridgehead atoms. The van der Waals surface area contributed by atoms with Gasteiger partial charge in [0, 0.05) is 12.8 Å². The van der Waals surface area contributed by atoms with Crippen LogP contribution in [0.2, 0.25) is 0 Å². The average molecular weight is 421 g/mol. The first-order chi connectivity index (χ1) is 11.4. The minimum Gasteiger partial charge on any atom is -0.743 e. The lowest BCUT2D eigenvalue weighted by Gasteiger charge is -2.34. The lowest BCUT2D eigenvalue weighted by molar-refractivity contribution is -0.921. The third kappa shape index (κ3) is 8.38. The van der Waals surface area contributed by atoms with E-state index >= 15 is 0 Å². The fourth-order valence-corrected chi connectivity index (χ4v) is 2.65. The molecule has 0 aromatic carbocycles. The van der Waals surface area contributed by atoms with E-state index in [1.165, 1.54) is 30.7 Å². The number of hydrogen-bond donors (Lipinski definition) is 0. The van der Waals surface area contributed by atoms with E-state index in [9.17, 15) is 43.7 Å². The first kappa shape index (κ1) is 27.6. The van der Waals surface area contributed by atoms with Crippen molar-refractivity contribution in [1.29, 1.82) is 0 Å². The summed E-state index contributed by atoms with van der Waals surface area (Å²) in [4.78, 5) is 0. The monoisotopic (exact) mass is 421 g/mol. The number of rotatable bonds is 9. The number of quaternary nitrogens is 1. The van der Waals surface area contributed by atoms with Crippen molar-refractivity contribution in [2.24, 2.45) is 0 Å². The maximum Gasteiger partial charge on any atom is 0.396 e. The fraction of sp³-hybridized carbons (Fsp3) is 1.00. The van der Waals surface area contributed by atoms with Gasteiger partial charge in [0.25, 0.3) is 0 Å². The molecule has 0 heterocycles. The Morgan fingerprint density at radius 1 is 0.769 bits per heavy atom. The molecule has 0 aliphatic rings. The minimum absolute atomic E-state index is 1.28. The van der Waals surface area contributed by atoms with Gasteiger partial charge in [0.05, 0.1) is 26.2 Å². The molecule has 0 saturated heterocycles. The third-order valence-corrected chi connectivity index (χ3v) is 5.30. The Labute approximate surface area is 149 Å². The second-order valence-corrected chi connectivity index (χ2v) is 7.17. The molecule has 0 amide bonds. The summed E-state index contributed by atoms with van der Waals surface area (Å²) in [6, 6.07) is 0. The van der Waals surface area contributed by atoms with Crippen molar-refractivity contribution >= 4 is 10.1 Å². The van der Waals surface area contributed by atoms with Crippen LogP contribution in [0.5, 0.6) is 0 Å². The zero-order valence-electron chi connectivity index (χ0n) is 15.2. The summed E-state index contributed by atoms with van der Waals surface area (Å²) in [5.41, 5.74) is 0. The van der Waals surface area contributed by atoms with Gasteiger partial charge in [-0.1, -0.05) is 0 Å². The van der Waals surface area contributed by atoms with Crippen LogP contribution < -0.4 is 0 Å². The Morgan fingerprint density at radius 2 is 1.12 bits per heavy atom. The highest BCUT2D eigenvalue weighted by molar-refractivity contribution is 7.86. The van der Waals surface area contributed by atoms with Crippen molar-refractivity contribution in [3.63, 3.8) is 0 Å². The fourth-order valence-electron chi connectivity index (χ4n) is 2.18. The van der Waals surface area contributed by atoms with Crippen LogP contribution in [0.3, 0.4) is 0 Å². The Balaban J connectivity index is 0. The van der Waals surface area contributed by atoms with E-state index in [1.54, 1.807) is 0 Å². The van der Waals surface area contributed by atoms with Crippen LogP contribution in [0, 0.1) is 0 Å². The molecule has 0 fully saturated rings. The minimum atomic E-state index is -6.64. The summed E-state index contributed by atoms with van der Waals surface area (Å²) in [5, 5.41) is -5.93. The van der Waals surface area contributed by atoms with E-state index in [0.29, 0.717) is 0 Å². The zero-order chi connectivity index (χ0) is 21.4. The van der Waals surface area contributed by atoms with Crippen LogP contribution in [0.1, 0.15) is 47.0 Å². The van der Waals surface area contributed by atoms with Crippen LogP contribution in [0.4, 0.5) is 30.7 Å². The summed E-state index contributed by atoms with van der Waals surface area (Å²) < 4.78 is 115. The van der Waals surface area contributed by atoms with Crippen molar-refractivity contribution in [3.05, 3.63) is 0 Å². The second-order valence-electron chi connectivity index (χ2n) is 5.75. The van der Waals surface area contributed by atoms with Crippen molar-refractivity contribution in [2.45, 2.75) is 64.3 Å². The normalized spacial score (nSPS) is 14.0. The molecule has 0 rings (SSSR count). The van der Waals surface area contributed by atoms with E-state index in [-0.39, 0.29) is 0 Å². The molecule has 0 atom stereocenters. The van der Waals surface area contributed by atoms with Gasteiger partial charge in [-0.2, -0.15) is 30.7 Å². The molecule has 0 spiro atoms. The quantitative estimate of drug-likeness (QED) is 0.316. The molecule has 160 valence electrons. The molecule has 26 heavy (non-hydrogen) atoms. The highest BCUT2D eigenvalue weighted by Crippen LogP contribution is 2.42. The number of hydrogen-bond acceptors (Lipinski definition) is 3. The van der Waals surface area contributed by atoms with Crippen LogP contribution in [0.15, 0.2) is 0 Å². The van der Waals surface area contributed by atoms with Crippen LogP contribution in [0.25, 0.3) is 0 Å². The maximum atomic E-state index is 12.6. The van der Waals surface area contributed by atoms with Gasteiger partial charge >= 0.3 is 17.4 Å². The van der Waals surface area contributed by atoms with E-state index in [4.69, 9.17) is 0 Å². The maximum absolute atomic E-state index is 12.6. The van der Waals surface area contributed by atoms with Crippen LogP contribution in [-0.4, -0.2) is 61.0 Å². The van der Waals surface area contributed by atoms with Crippen LogP contribution >= 0.6 is 0 Å². The van der Waals surface area contributed by atoms with Gasteiger partial charge < -0.3 is 9.04 Å². The predicted octanol–water partition coefficient (Wildman–Crippen LogP) is 4.38. The molecule has 0 aliphatic carbocycles. The van der Waals surface area contributed by atoms with E-state index < -0.39 is 46.7 Å². The van der Waals surface area contributed by atoms with Crippen LogP contribution in [-0.2, 0) is 10.1 Å². The lowest BCUT2D eigenvalue weighted by Crippen LogP contribution is -2.47. The van der Waals surface area contributed by atoms with Gasteiger partial charge in [0.2, 0.25) is 0 Å². The molecule has 0 N–H and O–H groups in total. The molecule has 4 nitrogen and oxygen atoms in total. The Bertz CT molecular complexity index is 486. The van der Waals surface area contributed by atoms with E-state index in [1.807, 2.05) is 0 Å². The van der Waals surface area contributed by atoms with Crippen molar-refractivity contribution in [2.75, 3.05) is 26.2 Å². The molecular weight excluding hydrogens is 395 g/mol. The highest BCUT2D eigenvalue weighted by atomic mass is 32.2. The Hall–Kier alpha value is -0.620. The van der Waals surface area contributed by atoms with E-state index in [0.717, 1.165) is 0 Å². The molecule has 0 aromatic rings. The van der Waals surface area contributed by atoms with Gasteiger partial charge in [-0.05, 0) is 34.1 Å². The first-order valence-electron chi connectivity index (χ1n) is 8.08. The van der Waals surface area contributed by atoms with Gasteiger partial charge in [-0.25, -0.2) is 8.42 Å². The molecule has 0 saturated carbocycles. The standard InChI is InChI=1S/C8H20N.C6H7F7O3S/c1-5-9(6-2,7-3)8-4;7-4(8,2-1-3-5(9,10)11)6(12,13)17(14,15)16/h5-8H2,1-4H3;1-3H2,(H,14,15,16)/q+1;/p-1. The molecule has 0 aliphatic heterocycles. The number of nitrogens with zero attached hydrogens (tertiary/aromatic N) is 1. The zero-order valence-corrected chi connectivity index (χ0v) is 16.0. The number of alkyl halides is 7. The summed E-state index contributed by atoms with van der Waals surface area (Å²) in [6.07, 6.45) is -10.1. The second kappa shape index (κ2) is 10.1. The first-order valence-corrected chi connectivity index (χ1v) is 9.49. The lowest BCUT2D eigenvalue weighted by atomic mass is 10.1. The van der Waals surface area contributed by atoms with Gasteiger partial charge in [-0.3, -0.25) is 0 Å². The molecule has 12 heteroatoms. The van der Waals surface area contributed by atoms with Gasteiger partial charge in [0.15, 0.2) is 10.1 Å². The average Bonchev–Trinajstić information content (AvgIpc) is 2.48. The Morgan fingerprint density at radius 3 is 1.31 bits per heavy atom. The Kier molecular flexibility index (Phi) is 10.7. The van der Waals surface area contributed by atoms with Gasteiger partial charge in [0.1, 0.15) is 0 Å². The highest BCUT2D eigenvalue weighted by Gasteiger charge is 2.61.